The SMILES string of the molecule is CC(O)CCN(C)C(=O)Nc1cc(F)c(F)c(F)c1. The molecule has 106 valence electrons. The van der Waals surface area contributed by atoms with Crippen molar-refractivity contribution in [2.24, 2.45) is 0 Å². The number of carbonyl (C=O) groups excluding carboxylic acids is 1. The van der Waals surface area contributed by atoms with E-state index < -0.39 is 29.6 Å². The van der Waals surface area contributed by atoms with Gasteiger partial charge in [-0.05, 0) is 13.3 Å². The van der Waals surface area contributed by atoms with Crippen molar-refractivity contribution >= 4 is 11.7 Å². The molecule has 4 nitrogen and oxygen atoms in total. The minimum Gasteiger partial charge on any atom is -0.393 e. The molecule has 19 heavy (non-hydrogen) atoms. The molecule has 0 saturated heterocycles. The van der Waals surface area contributed by atoms with E-state index in [1.807, 2.05) is 0 Å². The number of hydrogen-bond donors (Lipinski definition) is 2. The van der Waals surface area contributed by atoms with Crippen LogP contribution < -0.4 is 5.32 Å². The van der Waals surface area contributed by atoms with Gasteiger partial charge in [0.2, 0.25) is 0 Å². The summed E-state index contributed by atoms with van der Waals surface area (Å²) >= 11 is 0. The first-order chi connectivity index (χ1) is 8.81. The summed E-state index contributed by atoms with van der Waals surface area (Å²) in [6.45, 7) is 1.85. The van der Waals surface area contributed by atoms with Crippen molar-refractivity contribution in [2.45, 2.75) is 19.4 Å². The second-order valence-electron chi connectivity index (χ2n) is 4.24. The Morgan fingerprint density at radius 3 is 2.37 bits per heavy atom. The normalized spacial score (nSPS) is 12.1. The second kappa shape index (κ2) is 6.42. The Bertz CT molecular complexity index is 443. The van der Waals surface area contributed by atoms with Crippen LogP contribution in [-0.4, -0.2) is 35.7 Å². The molecular formula is C12H15F3N2O2. The fraction of sp³-hybridized carbons (Fsp3) is 0.417. The molecular weight excluding hydrogens is 261 g/mol. The van der Waals surface area contributed by atoms with Gasteiger partial charge in [0.25, 0.3) is 0 Å². The Morgan fingerprint density at radius 2 is 1.89 bits per heavy atom. The molecule has 0 bridgehead atoms. The van der Waals surface area contributed by atoms with Gasteiger partial charge in [0.15, 0.2) is 17.5 Å². The monoisotopic (exact) mass is 276 g/mol. The van der Waals surface area contributed by atoms with Crippen molar-refractivity contribution in [2.75, 3.05) is 18.9 Å². The van der Waals surface area contributed by atoms with Crippen molar-refractivity contribution in [3.8, 4) is 0 Å². The third-order valence-corrected chi connectivity index (χ3v) is 2.46. The van der Waals surface area contributed by atoms with E-state index in [0.717, 1.165) is 0 Å². The molecule has 7 heteroatoms. The second-order valence-corrected chi connectivity index (χ2v) is 4.24. The van der Waals surface area contributed by atoms with Gasteiger partial charge in [-0.3, -0.25) is 0 Å². The molecule has 0 radical (unpaired) electrons. The third-order valence-electron chi connectivity index (χ3n) is 2.46. The van der Waals surface area contributed by atoms with Crippen LogP contribution in [0.3, 0.4) is 0 Å². The van der Waals surface area contributed by atoms with Gasteiger partial charge >= 0.3 is 6.03 Å². The minimum atomic E-state index is -1.58. The lowest BCUT2D eigenvalue weighted by Gasteiger charge is -2.18. The number of rotatable bonds is 4. The molecule has 0 aliphatic carbocycles. The van der Waals surface area contributed by atoms with E-state index in [-0.39, 0.29) is 12.2 Å². The lowest BCUT2D eigenvalue weighted by molar-refractivity contribution is 0.167. The van der Waals surface area contributed by atoms with Crippen LogP contribution in [0.2, 0.25) is 0 Å². The minimum absolute atomic E-state index is 0.176. The van der Waals surface area contributed by atoms with Crippen LogP contribution in [0.15, 0.2) is 12.1 Å². The Labute approximate surface area is 108 Å². The molecule has 2 amide bonds. The Hall–Kier alpha value is -1.76. The summed E-state index contributed by atoms with van der Waals surface area (Å²) in [6.07, 6.45) is -0.188. The van der Waals surface area contributed by atoms with E-state index in [4.69, 9.17) is 5.11 Å². The van der Waals surface area contributed by atoms with Crippen molar-refractivity contribution in [1.29, 1.82) is 0 Å². The van der Waals surface area contributed by atoms with E-state index in [1.54, 1.807) is 6.92 Å². The quantitative estimate of drug-likeness (QED) is 0.829. The highest BCUT2D eigenvalue weighted by atomic mass is 19.2. The van der Waals surface area contributed by atoms with Crippen LogP contribution in [0.4, 0.5) is 23.7 Å². The van der Waals surface area contributed by atoms with Gasteiger partial charge in [-0.1, -0.05) is 0 Å². The summed E-state index contributed by atoms with van der Waals surface area (Å²) in [5.74, 6) is -4.33. The lowest BCUT2D eigenvalue weighted by Crippen LogP contribution is -2.33. The van der Waals surface area contributed by atoms with Gasteiger partial charge in [-0.2, -0.15) is 0 Å². The first-order valence-electron chi connectivity index (χ1n) is 5.66. The highest BCUT2D eigenvalue weighted by Crippen LogP contribution is 2.17. The van der Waals surface area contributed by atoms with Crippen molar-refractivity contribution in [3.63, 3.8) is 0 Å². The number of anilines is 1. The number of urea groups is 1. The van der Waals surface area contributed by atoms with Crippen LogP contribution in [0.5, 0.6) is 0 Å². The Balaban J connectivity index is 2.66. The first kappa shape index (κ1) is 15.3. The highest BCUT2D eigenvalue weighted by Gasteiger charge is 2.14. The molecule has 0 fully saturated rings. The molecule has 1 aromatic carbocycles. The van der Waals surface area contributed by atoms with Gasteiger partial charge in [0.05, 0.1) is 6.10 Å². The first-order valence-corrected chi connectivity index (χ1v) is 5.66. The number of aliphatic hydroxyl groups is 1. The summed E-state index contributed by atoms with van der Waals surface area (Å²) in [5.41, 5.74) is -0.176. The number of amides is 2. The van der Waals surface area contributed by atoms with E-state index >= 15 is 0 Å². The summed E-state index contributed by atoms with van der Waals surface area (Å²) in [4.78, 5) is 12.9. The molecule has 2 N–H and O–H groups in total. The predicted molar refractivity (Wildman–Crippen MR) is 64.3 cm³/mol. The van der Waals surface area contributed by atoms with Crippen LogP contribution in [0.1, 0.15) is 13.3 Å². The molecule has 1 rings (SSSR count). The van der Waals surface area contributed by atoms with Gasteiger partial charge in [0.1, 0.15) is 0 Å². The summed E-state index contributed by atoms with van der Waals surface area (Å²) in [5, 5.41) is 11.3. The molecule has 0 aliphatic heterocycles. The standard InChI is InChI=1S/C12H15F3N2O2/c1-7(18)3-4-17(2)12(19)16-8-5-9(13)11(15)10(14)6-8/h5-7,18H,3-4H2,1-2H3,(H,16,19). The smallest absolute Gasteiger partial charge is 0.321 e. The maximum Gasteiger partial charge on any atom is 0.321 e. The van der Waals surface area contributed by atoms with E-state index in [0.29, 0.717) is 18.6 Å². The molecule has 1 atom stereocenters. The average molecular weight is 276 g/mol. The van der Waals surface area contributed by atoms with E-state index in [1.165, 1.54) is 11.9 Å². The number of carbonyl (C=O) groups is 1. The average Bonchev–Trinajstić information content (AvgIpc) is 2.32. The number of nitrogens with zero attached hydrogens (tertiary/aromatic N) is 1. The maximum absolute atomic E-state index is 12.9. The Kier molecular flexibility index (Phi) is 5.17. The maximum atomic E-state index is 12.9. The van der Waals surface area contributed by atoms with Crippen molar-refractivity contribution < 1.29 is 23.1 Å². The number of halogens is 3. The van der Waals surface area contributed by atoms with Crippen molar-refractivity contribution in [3.05, 3.63) is 29.6 Å². The summed E-state index contributed by atoms with van der Waals surface area (Å²) in [6, 6.07) is 0.781. The van der Waals surface area contributed by atoms with Crippen LogP contribution in [0.25, 0.3) is 0 Å². The van der Waals surface area contributed by atoms with Crippen LogP contribution >= 0.6 is 0 Å². The van der Waals surface area contributed by atoms with Gasteiger partial charge < -0.3 is 15.3 Å². The van der Waals surface area contributed by atoms with Gasteiger partial charge in [-0.25, -0.2) is 18.0 Å². The number of benzene rings is 1. The third kappa shape index (κ3) is 4.44. The molecule has 0 heterocycles. The topological polar surface area (TPSA) is 52.6 Å². The molecule has 1 aromatic rings. The van der Waals surface area contributed by atoms with Crippen LogP contribution in [0, 0.1) is 17.5 Å². The predicted octanol–water partition coefficient (Wildman–Crippen LogP) is 2.34. The van der Waals surface area contributed by atoms with Gasteiger partial charge in [0, 0.05) is 31.4 Å². The number of nitrogens with one attached hydrogen (secondary N) is 1. The lowest BCUT2D eigenvalue weighted by atomic mass is 10.2. The van der Waals surface area contributed by atoms with Crippen molar-refractivity contribution in [1.82, 2.24) is 4.90 Å². The molecule has 0 spiro atoms. The molecule has 0 aromatic heterocycles. The van der Waals surface area contributed by atoms with Gasteiger partial charge in [-0.15, -0.1) is 0 Å². The molecule has 0 aliphatic rings. The number of hydrogen-bond acceptors (Lipinski definition) is 2. The van der Waals surface area contributed by atoms with E-state index in [9.17, 15) is 18.0 Å². The zero-order chi connectivity index (χ0) is 14.6. The zero-order valence-electron chi connectivity index (χ0n) is 10.6. The zero-order valence-corrected chi connectivity index (χ0v) is 10.6. The molecule has 0 saturated carbocycles. The Morgan fingerprint density at radius 1 is 1.37 bits per heavy atom. The largest absolute Gasteiger partial charge is 0.393 e. The molecule has 1 unspecified atom stereocenters. The van der Waals surface area contributed by atoms with Crippen LogP contribution in [-0.2, 0) is 0 Å². The fourth-order valence-corrected chi connectivity index (χ4v) is 1.33. The highest BCUT2D eigenvalue weighted by molar-refractivity contribution is 5.89. The number of aliphatic hydroxyl groups excluding tert-OH is 1. The summed E-state index contributed by atoms with van der Waals surface area (Å²) in [7, 11) is 1.47. The van der Waals surface area contributed by atoms with E-state index in [2.05, 4.69) is 5.32 Å². The fourth-order valence-electron chi connectivity index (χ4n) is 1.33. The summed E-state index contributed by atoms with van der Waals surface area (Å²) < 4.78 is 38.6.